The van der Waals surface area contributed by atoms with Crippen LogP contribution in [-0.4, -0.2) is 15.9 Å². The Hall–Kier alpha value is -3.57. The Labute approximate surface area is 176 Å². The molecule has 6 heteroatoms. The number of carbonyl (C=O) groups is 1. The van der Waals surface area contributed by atoms with Crippen molar-refractivity contribution in [2.45, 2.75) is 12.6 Å². The van der Waals surface area contributed by atoms with E-state index in [1.807, 2.05) is 30.3 Å². The average Bonchev–Trinajstić information content (AvgIpc) is 3.02. The van der Waals surface area contributed by atoms with Gasteiger partial charge >= 0.3 is 0 Å². The summed E-state index contributed by atoms with van der Waals surface area (Å²) >= 11 is 6.09. The molecule has 1 N–H and O–H groups in total. The van der Waals surface area contributed by atoms with Gasteiger partial charge in [0.1, 0.15) is 11.3 Å². The van der Waals surface area contributed by atoms with Crippen molar-refractivity contribution in [3.8, 4) is 5.75 Å². The molecule has 0 fully saturated rings. The minimum Gasteiger partial charge on any atom is -0.508 e. The fourth-order valence-electron chi connectivity index (χ4n) is 3.98. The fourth-order valence-corrected chi connectivity index (χ4v) is 4.15. The number of carbonyl (C=O) groups excluding carboxylic acids is 1. The van der Waals surface area contributed by atoms with Gasteiger partial charge in [-0.2, -0.15) is 0 Å². The summed E-state index contributed by atoms with van der Waals surface area (Å²) in [4.78, 5) is 28.4. The molecular weight excluding hydrogens is 402 g/mol. The van der Waals surface area contributed by atoms with Crippen molar-refractivity contribution in [3.05, 3.63) is 110 Å². The molecule has 5 nitrogen and oxygen atoms in total. The molecular formula is C24H16ClNO4. The van der Waals surface area contributed by atoms with Gasteiger partial charge in [0.15, 0.2) is 5.43 Å². The van der Waals surface area contributed by atoms with Crippen LogP contribution in [0.25, 0.3) is 11.0 Å². The fraction of sp³-hybridized carbons (Fsp3) is 0.0833. The molecule has 0 unspecified atom stereocenters. The quantitative estimate of drug-likeness (QED) is 0.514. The molecule has 1 aliphatic heterocycles. The van der Waals surface area contributed by atoms with Crippen molar-refractivity contribution < 1.29 is 14.3 Å². The molecule has 148 valence electrons. The number of amides is 1. The summed E-state index contributed by atoms with van der Waals surface area (Å²) in [6.07, 6.45) is 0. The third kappa shape index (κ3) is 2.95. The molecule has 0 radical (unpaired) electrons. The van der Waals surface area contributed by atoms with Gasteiger partial charge in [0.25, 0.3) is 5.91 Å². The van der Waals surface area contributed by atoms with Crippen molar-refractivity contribution in [1.29, 1.82) is 0 Å². The lowest BCUT2D eigenvalue weighted by Crippen LogP contribution is -2.29. The predicted octanol–water partition coefficient (Wildman–Crippen LogP) is 4.90. The Bertz CT molecular complexity index is 1350. The molecule has 0 saturated carbocycles. The molecule has 5 rings (SSSR count). The van der Waals surface area contributed by atoms with E-state index in [1.165, 1.54) is 0 Å². The number of nitrogens with zero attached hydrogens (tertiary/aromatic N) is 1. The Kier molecular flexibility index (Phi) is 4.33. The monoisotopic (exact) mass is 417 g/mol. The standard InChI is InChI=1S/C24H16ClNO4/c25-16-9-10-19-18(12-16)22(28)20-21(15-7-4-8-17(27)11-15)26(24(29)23(20)30-19)13-14-5-2-1-3-6-14/h1-12,21,27H,13H2/t21-/m1/s1. The molecule has 30 heavy (non-hydrogen) atoms. The number of phenolic OH excluding ortho intramolecular Hbond substituents is 1. The molecule has 1 aliphatic rings. The van der Waals surface area contributed by atoms with Crippen LogP contribution in [0, 0.1) is 0 Å². The Balaban J connectivity index is 1.75. The van der Waals surface area contributed by atoms with E-state index in [9.17, 15) is 14.7 Å². The largest absolute Gasteiger partial charge is 0.508 e. The van der Waals surface area contributed by atoms with Crippen molar-refractivity contribution in [2.24, 2.45) is 0 Å². The maximum absolute atomic E-state index is 13.4. The third-order valence-corrected chi connectivity index (χ3v) is 5.54. The summed E-state index contributed by atoms with van der Waals surface area (Å²) in [6.45, 7) is 0.292. The lowest BCUT2D eigenvalue weighted by atomic mass is 9.98. The summed E-state index contributed by atoms with van der Waals surface area (Å²) in [5, 5.41) is 10.7. The van der Waals surface area contributed by atoms with E-state index in [4.69, 9.17) is 16.0 Å². The van der Waals surface area contributed by atoms with Gasteiger partial charge in [0, 0.05) is 11.6 Å². The maximum atomic E-state index is 13.4. The number of hydrogen-bond acceptors (Lipinski definition) is 4. The Morgan fingerprint density at radius 2 is 1.77 bits per heavy atom. The van der Waals surface area contributed by atoms with Gasteiger partial charge in [-0.3, -0.25) is 9.59 Å². The average molecular weight is 418 g/mol. The summed E-state index contributed by atoms with van der Waals surface area (Å²) < 4.78 is 5.89. The highest BCUT2D eigenvalue weighted by Crippen LogP contribution is 2.40. The Morgan fingerprint density at radius 1 is 0.967 bits per heavy atom. The summed E-state index contributed by atoms with van der Waals surface area (Å²) in [5.41, 5.74) is 1.82. The molecule has 0 bridgehead atoms. The highest BCUT2D eigenvalue weighted by molar-refractivity contribution is 6.31. The van der Waals surface area contributed by atoms with Gasteiger partial charge in [0.2, 0.25) is 5.76 Å². The summed E-state index contributed by atoms with van der Waals surface area (Å²) in [7, 11) is 0. The molecule has 4 aromatic rings. The molecule has 3 aromatic carbocycles. The number of halogens is 1. The van der Waals surface area contributed by atoms with E-state index in [0.717, 1.165) is 5.56 Å². The molecule has 0 aliphatic carbocycles. The third-order valence-electron chi connectivity index (χ3n) is 5.31. The van der Waals surface area contributed by atoms with Crippen molar-refractivity contribution in [2.75, 3.05) is 0 Å². The molecule has 1 atom stereocenters. The second-order valence-corrected chi connectivity index (χ2v) is 7.67. The van der Waals surface area contributed by atoms with E-state index >= 15 is 0 Å². The van der Waals surface area contributed by atoms with E-state index < -0.39 is 6.04 Å². The molecule has 2 heterocycles. The zero-order valence-electron chi connectivity index (χ0n) is 15.7. The minimum absolute atomic E-state index is 0.0269. The second kappa shape index (κ2) is 7.04. The van der Waals surface area contributed by atoms with Crippen molar-refractivity contribution >= 4 is 28.5 Å². The highest BCUT2D eigenvalue weighted by Gasteiger charge is 2.42. The van der Waals surface area contributed by atoms with Crippen LogP contribution < -0.4 is 5.43 Å². The highest BCUT2D eigenvalue weighted by atomic mass is 35.5. The van der Waals surface area contributed by atoms with Crippen LogP contribution in [0.1, 0.15) is 33.3 Å². The molecule has 0 spiro atoms. The van der Waals surface area contributed by atoms with Crippen LogP contribution in [0.2, 0.25) is 5.02 Å². The van der Waals surface area contributed by atoms with Gasteiger partial charge < -0.3 is 14.4 Å². The lowest BCUT2D eigenvalue weighted by molar-refractivity contribution is 0.0714. The van der Waals surface area contributed by atoms with Gasteiger partial charge in [-0.25, -0.2) is 0 Å². The molecule has 1 amide bonds. The van der Waals surface area contributed by atoms with Crippen LogP contribution in [0.4, 0.5) is 0 Å². The smallest absolute Gasteiger partial charge is 0.291 e. The number of benzene rings is 3. The van der Waals surface area contributed by atoms with Gasteiger partial charge in [-0.05, 0) is 41.5 Å². The van der Waals surface area contributed by atoms with Crippen LogP contribution in [0.5, 0.6) is 5.75 Å². The zero-order chi connectivity index (χ0) is 20.8. The van der Waals surface area contributed by atoms with Gasteiger partial charge in [-0.15, -0.1) is 0 Å². The first-order chi connectivity index (χ1) is 14.5. The number of phenols is 1. The van der Waals surface area contributed by atoms with Crippen LogP contribution in [0.3, 0.4) is 0 Å². The zero-order valence-corrected chi connectivity index (χ0v) is 16.5. The summed E-state index contributed by atoms with van der Waals surface area (Å²) in [5.74, 6) is -0.281. The van der Waals surface area contributed by atoms with Crippen LogP contribution in [-0.2, 0) is 6.54 Å². The first-order valence-electron chi connectivity index (χ1n) is 9.43. The molecule has 0 saturated heterocycles. The minimum atomic E-state index is -0.681. The van der Waals surface area contributed by atoms with E-state index in [2.05, 4.69) is 0 Å². The molecule has 1 aromatic heterocycles. The SMILES string of the molecule is O=C1c2oc3ccc(Cl)cc3c(=O)c2[C@@H](c2cccc(O)c2)N1Cc1ccccc1. The van der Waals surface area contributed by atoms with Crippen LogP contribution in [0.15, 0.2) is 82.0 Å². The second-order valence-electron chi connectivity index (χ2n) is 7.23. The van der Waals surface area contributed by atoms with E-state index in [1.54, 1.807) is 47.4 Å². The summed E-state index contributed by atoms with van der Waals surface area (Å²) in [6, 6.07) is 20.2. The number of hydrogen-bond donors (Lipinski definition) is 1. The van der Waals surface area contributed by atoms with Crippen molar-refractivity contribution in [3.63, 3.8) is 0 Å². The topological polar surface area (TPSA) is 70.8 Å². The Morgan fingerprint density at radius 3 is 2.53 bits per heavy atom. The number of fused-ring (bicyclic) bond motifs is 2. The van der Waals surface area contributed by atoms with Gasteiger partial charge in [0.05, 0.1) is 17.0 Å². The first-order valence-corrected chi connectivity index (χ1v) is 9.81. The number of rotatable bonds is 3. The maximum Gasteiger partial charge on any atom is 0.291 e. The lowest BCUT2D eigenvalue weighted by Gasteiger charge is -2.25. The van der Waals surface area contributed by atoms with E-state index in [-0.39, 0.29) is 28.4 Å². The predicted molar refractivity (Wildman–Crippen MR) is 114 cm³/mol. The van der Waals surface area contributed by atoms with E-state index in [0.29, 0.717) is 28.1 Å². The first kappa shape index (κ1) is 18.5. The normalized spacial score (nSPS) is 15.6. The van der Waals surface area contributed by atoms with Gasteiger partial charge in [-0.1, -0.05) is 54.1 Å². The van der Waals surface area contributed by atoms with Crippen molar-refractivity contribution in [1.82, 2.24) is 4.90 Å². The van der Waals surface area contributed by atoms with Crippen LogP contribution >= 0.6 is 11.6 Å². The number of aromatic hydroxyl groups is 1.